The van der Waals surface area contributed by atoms with Crippen LogP contribution < -0.4 is 0 Å². The number of rotatable bonds is 6. The first-order valence-electron chi connectivity index (χ1n) is 3.69. The van der Waals surface area contributed by atoms with Crippen LogP contribution in [0.1, 0.15) is 19.8 Å². The molecule has 1 atom stereocenters. The predicted molar refractivity (Wildman–Crippen MR) is 42.6 cm³/mol. The molecule has 0 aromatic carbocycles. The standard InChI is InChI=1S/C6H15O4P/c1-2-5-10-11(8,9)6-3-4-7/h7H,2-6H2,1H3,(H,8,9). The Labute approximate surface area is 66.7 Å². The number of hydrogen-bond donors (Lipinski definition) is 2. The van der Waals surface area contributed by atoms with Gasteiger partial charge in [-0.05, 0) is 12.8 Å². The summed E-state index contributed by atoms with van der Waals surface area (Å²) in [5, 5.41) is 8.37. The van der Waals surface area contributed by atoms with Crippen LogP contribution in [-0.2, 0) is 9.09 Å². The SMILES string of the molecule is CCCOP(=O)(O)CCCO. The molecule has 0 heterocycles. The molecule has 11 heavy (non-hydrogen) atoms. The van der Waals surface area contributed by atoms with Crippen molar-refractivity contribution < 1.29 is 19.1 Å². The fraction of sp³-hybridized carbons (Fsp3) is 1.00. The van der Waals surface area contributed by atoms with Crippen molar-refractivity contribution in [1.29, 1.82) is 0 Å². The molecule has 0 rings (SSSR count). The maximum atomic E-state index is 11.0. The maximum absolute atomic E-state index is 11.0. The van der Waals surface area contributed by atoms with Gasteiger partial charge in [0.15, 0.2) is 0 Å². The first kappa shape index (κ1) is 11.1. The highest BCUT2D eigenvalue weighted by atomic mass is 31.2. The second-order valence-electron chi connectivity index (χ2n) is 2.27. The quantitative estimate of drug-likeness (QED) is 0.601. The van der Waals surface area contributed by atoms with E-state index in [1.165, 1.54) is 0 Å². The highest BCUT2D eigenvalue weighted by Gasteiger charge is 2.17. The second-order valence-corrected chi connectivity index (χ2v) is 4.25. The molecule has 0 radical (unpaired) electrons. The summed E-state index contributed by atoms with van der Waals surface area (Å²) < 4.78 is 15.6. The van der Waals surface area contributed by atoms with Crippen LogP contribution in [0.4, 0.5) is 0 Å². The van der Waals surface area contributed by atoms with Crippen LogP contribution in [0.25, 0.3) is 0 Å². The summed E-state index contributed by atoms with van der Waals surface area (Å²) in [4.78, 5) is 9.00. The summed E-state index contributed by atoms with van der Waals surface area (Å²) in [5.74, 6) is 0. The fourth-order valence-corrected chi connectivity index (χ4v) is 1.71. The van der Waals surface area contributed by atoms with Crippen LogP contribution in [0, 0.1) is 0 Å². The molecule has 2 N–H and O–H groups in total. The third-order valence-corrected chi connectivity index (χ3v) is 2.56. The third kappa shape index (κ3) is 6.51. The Hall–Kier alpha value is 0.110. The Morgan fingerprint density at radius 1 is 1.55 bits per heavy atom. The van der Waals surface area contributed by atoms with Crippen molar-refractivity contribution in [3.8, 4) is 0 Å². The molecule has 0 aromatic rings. The topological polar surface area (TPSA) is 66.8 Å². The van der Waals surface area contributed by atoms with Gasteiger partial charge < -0.3 is 14.5 Å². The van der Waals surface area contributed by atoms with E-state index in [9.17, 15) is 4.57 Å². The van der Waals surface area contributed by atoms with Crippen LogP contribution in [0.3, 0.4) is 0 Å². The Bertz CT molecular complexity index is 125. The van der Waals surface area contributed by atoms with Crippen molar-refractivity contribution in [1.82, 2.24) is 0 Å². The van der Waals surface area contributed by atoms with Crippen LogP contribution >= 0.6 is 7.60 Å². The van der Waals surface area contributed by atoms with Crippen molar-refractivity contribution in [3.63, 3.8) is 0 Å². The van der Waals surface area contributed by atoms with E-state index in [2.05, 4.69) is 4.52 Å². The minimum absolute atomic E-state index is 0.0451. The summed E-state index contributed by atoms with van der Waals surface area (Å²) in [7, 11) is -3.39. The van der Waals surface area contributed by atoms with Crippen molar-refractivity contribution >= 4 is 7.60 Å². The van der Waals surface area contributed by atoms with Crippen molar-refractivity contribution in [2.24, 2.45) is 0 Å². The summed E-state index contributed by atoms with van der Waals surface area (Å²) in [6.07, 6.45) is 1.09. The van der Waals surface area contributed by atoms with Crippen LogP contribution in [0.2, 0.25) is 0 Å². The smallest absolute Gasteiger partial charge is 0.328 e. The average Bonchev–Trinajstić information content (AvgIpc) is 1.97. The van der Waals surface area contributed by atoms with E-state index >= 15 is 0 Å². The van der Waals surface area contributed by atoms with Gasteiger partial charge in [0.05, 0.1) is 12.8 Å². The van der Waals surface area contributed by atoms with Gasteiger partial charge in [0, 0.05) is 6.61 Å². The predicted octanol–water partition coefficient (Wildman–Crippen LogP) is 0.981. The molecule has 68 valence electrons. The first-order chi connectivity index (χ1) is 5.12. The lowest BCUT2D eigenvalue weighted by Gasteiger charge is -2.09. The lowest BCUT2D eigenvalue weighted by atomic mass is 10.5. The molecule has 0 fully saturated rings. The molecule has 0 aliphatic carbocycles. The van der Waals surface area contributed by atoms with Gasteiger partial charge in [-0.1, -0.05) is 6.92 Å². The molecule has 0 aliphatic rings. The molecule has 0 saturated carbocycles. The van der Waals surface area contributed by atoms with Gasteiger partial charge in [0.25, 0.3) is 0 Å². The Morgan fingerprint density at radius 2 is 2.18 bits per heavy atom. The average molecular weight is 182 g/mol. The number of hydrogen-bond acceptors (Lipinski definition) is 3. The molecule has 4 nitrogen and oxygen atoms in total. The zero-order chi connectivity index (χ0) is 8.74. The van der Waals surface area contributed by atoms with Crippen molar-refractivity contribution in [3.05, 3.63) is 0 Å². The first-order valence-corrected chi connectivity index (χ1v) is 5.46. The van der Waals surface area contributed by atoms with Gasteiger partial charge in [0.1, 0.15) is 0 Å². The highest BCUT2D eigenvalue weighted by Crippen LogP contribution is 2.42. The Balaban J connectivity index is 3.53. The molecule has 0 spiro atoms. The number of aliphatic hydroxyl groups is 1. The van der Waals surface area contributed by atoms with E-state index in [4.69, 9.17) is 10.00 Å². The zero-order valence-electron chi connectivity index (χ0n) is 6.69. The molecule has 0 amide bonds. The normalized spacial score (nSPS) is 16.3. The van der Waals surface area contributed by atoms with E-state index in [0.717, 1.165) is 6.42 Å². The molecule has 5 heteroatoms. The number of aliphatic hydroxyl groups excluding tert-OH is 1. The van der Waals surface area contributed by atoms with E-state index < -0.39 is 7.60 Å². The summed E-state index contributed by atoms with van der Waals surface area (Å²) in [5.41, 5.74) is 0. The van der Waals surface area contributed by atoms with Crippen LogP contribution in [-0.4, -0.2) is 29.4 Å². The third-order valence-electron chi connectivity index (χ3n) is 1.10. The summed E-state index contributed by atoms with van der Waals surface area (Å²) >= 11 is 0. The lowest BCUT2D eigenvalue weighted by molar-refractivity contribution is 0.250. The highest BCUT2D eigenvalue weighted by molar-refractivity contribution is 7.52. The zero-order valence-corrected chi connectivity index (χ0v) is 7.59. The molecule has 0 bridgehead atoms. The minimum atomic E-state index is -3.39. The molecule has 0 aromatic heterocycles. The summed E-state index contributed by atoms with van der Waals surface area (Å²) in [6.45, 7) is 2.10. The van der Waals surface area contributed by atoms with Gasteiger partial charge in [-0.3, -0.25) is 4.57 Å². The van der Waals surface area contributed by atoms with E-state index in [0.29, 0.717) is 13.0 Å². The fourth-order valence-electron chi connectivity index (χ4n) is 0.569. The van der Waals surface area contributed by atoms with E-state index in [1.54, 1.807) is 0 Å². The van der Waals surface area contributed by atoms with Crippen molar-refractivity contribution in [2.45, 2.75) is 19.8 Å². The van der Waals surface area contributed by atoms with E-state index in [1.807, 2.05) is 6.92 Å². The molecular formula is C6H15O4P. The molecular weight excluding hydrogens is 167 g/mol. The van der Waals surface area contributed by atoms with Crippen LogP contribution in [0.15, 0.2) is 0 Å². The summed E-state index contributed by atoms with van der Waals surface area (Å²) in [6, 6.07) is 0. The van der Waals surface area contributed by atoms with Gasteiger partial charge in [0.2, 0.25) is 0 Å². The monoisotopic (exact) mass is 182 g/mol. The van der Waals surface area contributed by atoms with Crippen molar-refractivity contribution in [2.75, 3.05) is 19.4 Å². The Kier molecular flexibility index (Phi) is 5.78. The van der Waals surface area contributed by atoms with Gasteiger partial charge in [-0.2, -0.15) is 0 Å². The largest absolute Gasteiger partial charge is 0.396 e. The van der Waals surface area contributed by atoms with E-state index in [-0.39, 0.29) is 12.8 Å². The maximum Gasteiger partial charge on any atom is 0.328 e. The van der Waals surface area contributed by atoms with Gasteiger partial charge in [-0.15, -0.1) is 0 Å². The molecule has 0 saturated heterocycles. The molecule has 1 unspecified atom stereocenters. The van der Waals surface area contributed by atoms with Gasteiger partial charge >= 0.3 is 7.60 Å². The lowest BCUT2D eigenvalue weighted by Crippen LogP contribution is -1.97. The second kappa shape index (κ2) is 5.72. The van der Waals surface area contributed by atoms with Gasteiger partial charge in [-0.25, -0.2) is 0 Å². The van der Waals surface area contributed by atoms with Crippen LogP contribution in [0.5, 0.6) is 0 Å². The Morgan fingerprint density at radius 3 is 2.64 bits per heavy atom. The molecule has 0 aliphatic heterocycles. The minimum Gasteiger partial charge on any atom is -0.396 e.